The van der Waals surface area contributed by atoms with Gasteiger partial charge in [0.15, 0.2) is 0 Å². The number of hydrogen-bond donors (Lipinski definition) is 2. The van der Waals surface area contributed by atoms with E-state index in [-0.39, 0.29) is 25.3 Å². The first-order valence-corrected chi connectivity index (χ1v) is 6.35. The number of rotatable bonds is 5. The number of carboxylic acids is 1. The van der Waals surface area contributed by atoms with E-state index in [2.05, 4.69) is 5.32 Å². The number of hydrogen-bond acceptors (Lipinski definition) is 3. The molecule has 1 saturated heterocycles. The Labute approximate surface area is 107 Å². The van der Waals surface area contributed by atoms with Crippen LogP contribution in [0.4, 0.5) is 4.79 Å². The van der Waals surface area contributed by atoms with Crippen LogP contribution in [0, 0.1) is 5.92 Å². The number of carboxylic acid groups (broad SMARTS) is 1. The quantitative estimate of drug-likeness (QED) is 0.768. The second-order valence-electron chi connectivity index (χ2n) is 4.62. The number of carbonyl (C=O) groups excluding carboxylic acids is 1. The standard InChI is InChI=1S/C12H22N2O4/c1-4-8(5-2)13-12(17)14(3)10-7-18-6-9(10)11(15)16/h8-10H,4-7H2,1-3H3,(H,13,17)(H,15,16). The summed E-state index contributed by atoms with van der Waals surface area (Å²) in [5.41, 5.74) is 0. The van der Waals surface area contributed by atoms with Gasteiger partial charge in [-0.15, -0.1) is 0 Å². The fourth-order valence-electron chi connectivity index (χ4n) is 2.08. The average molecular weight is 258 g/mol. The van der Waals surface area contributed by atoms with E-state index in [4.69, 9.17) is 9.84 Å². The van der Waals surface area contributed by atoms with Gasteiger partial charge in [-0.3, -0.25) is 4.79 Å². The third-order valence-corrected chi connectivity index (χ3v) is 3.50. The van der Waals surface area contributed by atoms with Crippen molar-refractivity contribution in [3.8, 4) is 0 Å². The Bertz CT molecular complexity index is 304. The second-order valence-corrected chi connectivity index (χ2v) is 4.62. The summed E-state index contributed by atoms with van der Waals surface area (Å²) < 4.78 is 5.16. The van der Waals surface area contributed by atoms with E-state index >= 15 is 0 Å². The number of aliphatic carboxylic acids is 1. The fourth-order valence-corrected chi connectivity index (χ4v) is 2.08. The zero-order valence-electron chi connectivity index (χ0n) is 11.2. The van der Waals surface area contributed by atoms with Crippen LogP contribution < -0.4 is 5.32 Å². The summed E-state index contributed by atoms with van der Waals surface area (Å²) in [6, 6.07) is -0.493. The molecule has 0 aromatic rings. The number of nitrogens with one attached hydrogen (secondary N) is 1. The summed E-state index contributed by atoms with van der Waals surface area (Å²) >= 11 is 0. The molecule has 0 saturated carbocycles. The third-order valence-electron chi connectivity index (χ3n) is 3.50. The molecule has 1 heterocycles. The molecular formula is C12H22N2O4. The first-order chi connectivity index (χ1) is 8.51. The van der Waals surface area contributed by atoms with Gasteiger partial charge >= 0.3 is 12.0 Å². The van der Waals surface area contributed by atoms with Crippen molar-refractivity contribution in [3.63, 3.8) is 0 Å². The van der Waals surface area contributed by atoms with Crippen LogP contribution in [0.1, 0.15) is 26.7 Å². The summed E-state index contributed by atoms with van der Waals surface area (Å²) in [7, 11) is 1.62. The number of ether oxygens (including phenoxy) is 1. The van der Waals surface area contributed by atoms with Crippen LogP contribution in [0.3, 0.4) is 0 Å². The molecule has 6 heteroatoms. The minimum Gasteiger partial charge on any atom is -0.481 e. The lowest BCUT2D eigenvalue weighted by molar-refractivity contribution is -0.142. The predicted octanol–water partition coefficient (Wildman–Crippen LogP) is 0.916. The van der Waals surface area contributed by atoms with Gasteiger partial charge in [0.2, 0.25) is 0 Å². The zero-order chi connectivity index (χ0) is 13.7. The van der Waals surface area contributed by atoms with Crippen LogP contribution in [0.5, 0.6) is 0 Å². The van der Waals surface area contributed by atoms with Crippen LogP contribution in [-0.2, 0) is 9.53 Å². The van der Waals surface area contributed by atoms with Crippen LogP contribution in [0.25, 0.3) is 0 Å². The molecule has 0 bridgehead atoms. The van der Waals surface area contributed by atoms with Gasteiger partial charge in [-0.05, 0) is 12.8 Å². The maximum absolute atomic E-state index is 12.0. The average Bonchev–Trinajstić information content (AvgIpc) is 2.83. The molecular weight excluding hydrogens is 236 g/mol. The van der Waals surface area contributed by atoms with Gasteiger partial charge in [-0.25, -0.2) is 4.79 Å². The minimum atomic E-state index is -0.917. The van der Waals surface area contributed by atoms with Gasteiger partial charge in [0.1, 0.15) is 5.92 Å². The predicted molar refractivity (Wildman–Crippen MR) is 66.4 cm³/mol. The molecule has 18 heavy (non-hydrogen) atoms. The molecule has 104 valence electrons. The number of carbonyl (C=O) groups is 2. The lowest BCUT2D eigenvalue weighted by atomic mass is 10.0. The fraction of sp³-hybridized carbons (Fsp3) is 0.833. The van der Waals surface area contributed by atoms with E-state index in [1.807, 2.05) is 13.8 Å². The summed E-state index contributed by atoms with van der Waals surface area (Å²) in [6.45, 7) is 4.47. The number of likely N-dealkylation sites (N-methyl/N-ethyl adjacent to an activating group) is 1. The number of urea groups is 1. The van der Waals surface area contributed by atoms with Crippen molar-refractivity contribution in [1.82, 2.24) is 10.2 Å². The van der Waals surface area contributed by atoms with Crippen molar-refractivity contribution in [3.05, 3.63) is 0 Å². The van der Waals surface area contributed by atoms with Crippen LogP contribution in [0.2, 0.25) is 0 Å². The Balaban J connectivity index is 2.60. The molecule has 1 fully saturated rings. The maximum atomic E-state index is 12.0. The first kappa shape index (κ1) is 14.8. The molecule has 0 spiro atoms. The van der Waals surface area contributed by atoms with E-state index < -0.39 is 17.9 Å². The lowest BCUT2D eigenvalue weighted by Gasteiger charge is -2.28. The summed E-state index contributed by atoms with van der Waals surface area (Å²) in [4.78, 5) is 24.5. The first-order valence-electron chi connectivity index (χ1n) is 6.35. The highest BCUT2D eigenvalue weighted by molar-refractivity contribution is 5.77. The normalized spacial score (nSPS) is 23.1. The van der Waals surface area contributed by atoms with Gasteiger partial charge in [-0.1, -0.05) is 13.8 Å². The van der Waals surface area contributed by atoms with Gasteiger partial charge < -0.3 is 20.1 Å². The van der Waals surface area contributed by atoms with Crippen LogP contribution in [-0.4, -0.2) is 54.4 Å². The van der Waals surface area contributed by atoms with Crippen molar-refractivity contribution in [2.45, 2.75) is 38.8 Å². The molecule has 1 aliphatic rings. The van der Waals surface area contributed by atoms with E-state index in [0.717, 1.165) is 12.8 Å². The molecule has 2 N–H and O–H groups in total. The van der Waals surface area contributed by atoms with E-state index in [9.17, 15) is 9.59 Å². The minimum absolute atomic E-state index is 0.130. The Kier molecular flexibility index (Phi) is 5.40. The highest BCUT2D eigenvalue weighted by Gasteiger charge is 2.38. The highest BCUT2D eigenvalue weighted by Crippen LogP contribution is 2.19. The van der Waals surface area contributed by atoms with Gasteiger partial charge in [0, 0.05) is 13.1 Å². The molecule has 0 radical (unpaired) electrons. The second kappa shape index (κ2) is 6.58. The monoisotopic (exact) mass is 258 g/mol. The molecule has 6 nitrogen and oxygen atoms in total. The molecule has 0 aromatic carbocycles. The van der Waals surface area contributed by atoms with E-state index in [1.54, 1.807) is 7.05 Å². The number of amides is 2. The lowest BCUT2D eigenvalue weighted by Crippen LogP contribution is -2.50. The third kappa shape index (κ3) is 3.35. The van der Waals surface area contributed by atoms with Crippen molar-refractivity contribution >= 4 is 12.0 Å². The largest absolute Gasteiger partial charge is 0.481 e. The molecule has 0 aromatic heterocycles. The van der Waals surface area contributed by atoms with E-state index in [0.29, 0.717) is 0 Å². The summed E-state index contributed by atoms with van der Waals surface area (Å²) in [5.74, 6) is -1.55. The summed E-state index contributed by atoms with van der Waals surface area (Å²) in [6.07, 6.45) is 1.72. The zero-order valence-corrected chi connectivity index (χ0v) is 11.2. The Morgan fingerprint density at radius 3 is 2.50 bits per heavy atom. The highest BCUT2D eigenvalue weighted by atomic mass is 16.5. The summed E-state index contributed by atoms with van der Waals surface area (Å²) in [5, 5.41) is 11.9. The van der Waals surface area contributed by atoms with Gasteiger partial charge in [-0.2, -0.15) is 0 Å². The van der Waals surface area contributed by atoms with Crippen molar-refractivity contribution in [2.75, 3.05) is 20.3 Å². The molecule has 0 aliphatic carbocycles. The molecule has 1 aliphatic heterocycles. The van der Waals surface area contributed by atoms with E-state index in [1.165, 1.54) is 4.90 Å². The van der Waals surface area contributed by atoms with Crippen molar-refractivity contribution < 1.29 is 19.4 Å². The number of nitrogens with zero attached hydrogens (tertiary/aromatic N) is 1. The molecule has 2 unspecified atom stereocenters. The van der Waals surface area contributed by atoms with Crippen LogP contribution >= 0.6 is 0 Å². The Hall–Kier alpha value is -1.30. The molecule has 2 amide bonds. The molecule has 2 atom stereocenters. The molecule has 1 rings (SSSR count). The smallest absolute Gasteiger partial charge is 0.317 e. The SMILES string of the molecule is CCC(CC)NC(=O)N(C)C1COCC1C(=O)O. The topological polar surface area (TPSA) is 78.9 Å². The van der Waals surface area contributed by atoms with Crippen LogP contribution in [0.15, 0.2) is 0 Å². The Morgan fingerprint density at radius 1 is 1.39 bits per heavy atom. The van der Waals surface area contributed by atoms with Gasteiger partial charge in [0.25, 0.3) is 0 Å². The maximum Gasteiger partial charge on any atom is 0.317 e. The van der Waals surface area contributed by atoms with Gasteiger partial charge in [0.05, 0.1) is 19.3 Å². The van der Waals surface area contributed by atoms with Crippen molar-refractivity contribution in [2.24, 2.45) is 5.92 Å². The Morgan fingerprint density at radius 2 is 2.00 bits per heavy atom. The van der Waals surface area contributed by atoms with Crippen molar-refractivity contribution in [1.29, 1.82) is 0 Å².